The molecule has 0 aromatic carbocycles. The topological polar surface area (TPSA) is 44.4 Å². The highest BCUT2D eigenvalue weighted by Gasteiger charge is 2.22. The summed E-state index contributed by atoms with van der Waals surface area (Å²) < 4.78 is 0. The van der Waals surface area contributed by atoms with Crippen LogP contribution < -0.4 is 10.6 Å². The van der Waals surface area contributed by atoms with Gasteiger partial charge in [-0.15, -0.1) is 0 Å². The summed E-state index contributed by atoms with van der Waals surface area (Å²) in [6, 6.07) is 0.0648. The maximum atomic E-state index is 11.9. The fourth-order valence-electron chi connectivity index (χ4n) is 2.71. The van der Waals surface area contributed by atoms with Gasteiger partial charge in [0.15, 0.2) is 0 Å². The summed E-state index contributed by atoms with van der Waals surface area (Å²) in [5, 5.41) is 6.41. The first-order valence-electron chi connectivity index (χ1n) is 6.95. The Kier molecular flexibility index (Phi) is 4.80. The van der Waals surface area contributed by atoms with E-state index >= 15 is 0 Å². The van der Waals surface area contributed by atoms with Crippen LogP contribution in [0.15, 0.2) is 0 Å². The highest BCUT2D eigenvalue weighted by Crippen LogP contribution is 2.15. The first kappa shape index (κ1) is 12.8. The van der Waals surface area contributed by atoms with Crippen LogP contribution in [0.25, 0.3) is 0 Å². The largest absolute Gasteiger partial charge is 0.354 e. The van der Waals surface area contributed by atoms with Crippen molar-refractivity contribution in [2.75, 3.05) is 33.2 Å². The second-order valence-corrected chi connectivity index (χ2v) is 5.49. The minimum atomic E-state index is 0.0648. The van der Waals surface area contributed by atoms with Crippen molar-refractivity contribution in [1.29, 1.82) is 0 Å². The van der Waals surface area contributed by atoms with Crippen LogP contribution in [0, 0.1) is 5.92 Å². The maximum absolute atomic E-state index is 11.9. The molecule has 0 saturated carbocycles. The van der Waals surface area contributed by atoms with Crippen LogP contribution in [-0.4, -0.2) is 50.1 Å². The van der Waals surface area contributed by atoms with Gasteiger partial charge in [-0.25, -0.2) is 0 Å². The van der Waals surface area contributed by atoms with E-state index in [0.717, 1.165) is 19.5 Å². The van der Waals surface area contributed by atoms with E-state index in [9.17, 15) is 4.79 Å². The number of amides is 1. The van der Waals surface area contributed by atoms with Crippen LogP contribution in [0.2, 0.25) is 0 Å². The van der Waals surface area contributed by atoms with Gasteiger partial charge in [-0.1, -0.05) is 6.42 Å². The number of carbonyl (C=O) groups excluding carboxylic acids is 1. The number of rotatable bonds is 3. The van der Waals surface area contributed by atoms with Crippen molar-refractivity contribution in [2.45, 2.75) is 38.1 Å². The molecule has 98 valence electrons. The molecule has 0 spiro atoms. The Labute approximate surface area is 104 Å². The zero-order valence-electron chi connectivity index (χ0n) is 10.9. The van der Waals surface area contributed by atoms with Crippen molar-refractivity contribution < 1.29 is 4.79 Å². The Morgan fingerprint density at radius 3 is 2.71 bits per heavy atom. The quantitative estimate of drug-likeness (QED) is 0.757. The van der Waals surface area contributed by atoms with Crippen molar-refractivity contribution in [3.63, 3.8) is 0 Å². The third-order valence-corrected chi connectivity index (χ3v) is 4.03. The minimum Gasteiger partial charge on any atom is -0.354 e. The molecule has 0 aliphatic carbocycles. The van der Waals surface area contributed by atoms with Gasteiger partial charge in [-0.2, -0.15) is 0 Å². The van der Waals surface area contributed by atoms with Gasteiger partial charge in [-0.05, 0) is 58.3 Å². The SMILES string of the molecule is CN1CCC(CNC(=O)[C@H]2CCCCN2)CC1. The lowest BCUT2D eigenvalue weighted by Gasteiger charge is -2.30. The standard InChI is InChI=1S/C13H25N3O/c1-16-8-5-11(6-9-16)10-15-13(17)12-4-2-3-7-14-12/h11-12,14H,2-10H2,1H3,(H,15,17)/t12-/m1/s1. The Bertz CT molecular complexity index is 243. The van der Waals surface area contributed by atoms with Gasteiger partial charge in [0.05, 0.1) is 6.04 Å². The molecule has 4 nitrogen and oxygen atoms in total. The summed E-state index contributed by atoms with van der Waals surface area (Å²) >= 11 is 0. The predicted octanol–water partition coefficient (Wildman–Crippen LogP) is 0.587. The molecule has 1 atom stereocenters. The first-order chi connectivity index (χ1) is 8.25. The summed E-state index contributed by atoms with van der Waals surface area (Å²) in [6.07, 6.45) is 5.82. The van der Waals surface area contributed by atoms with Gasteiger partial charge in [0.2, 0.25) is 5.91 Å². The number of piperidine rings is 2. The summed E-state index contributed by atoms with van der Waals surface area (Å²) in [7, 11) is 2.17. The number of hydrogen-bond acceptors (Lipinski definition) is 3. The fraction of sp³-hybridized carbons (Fsp3) is 0.923. The monoisotopic (exact) mass is 239 g/mol. The van der Waals surface area contributed by atoms with Gasteiger partial charge in [0, 0.05) is 6.54 Å². The molecule has 2 aliphatic rings. The summed E-state index contributed by atoms with van der Waals surface area (Å²) in [5.74, 6) is 0.891. The molecule has 0 aromatic rings. The molecule has 2 aliphatic heterocycles. The second-order valence-electron chi connectivity index (χ2n) is 5.49. The molecule has 2 rings (SSSR count). The molecule has 0 aromatic heterocycles. The van der Waals surface area contributed by atoms with E-state index in [1.807, 2.05) is 0 Å². The van der Waals surface area contributed by atoms with Crippen LogP contribution in [0.5, 0.6) is 0 Å². The average Bonchev–Trinajstić information content (AvgIpc) is 2.39. The van der Waals surface area contributed by atoms with Gasteiger partial charge < -0.3 is 15.5 Å². The van der Waals surface area contributed by atoms with Crippen LogP contribution in [0.3, 0.4) is 0 Å². The van der Waals surface area contributed by atoms with E-state index in [4.69, 9.17) is 0 Å². The van der Waals surface area contributed by atoms with Gasteiger partial charge in [-0.3, -0.25) is 4.79 Å². The third-order valence-electron chi connectivity index (χ3n) is 4.03. The normalized spacial score (nSPS) is 27.9. The van der Waals surface area contributed by atoms with E-state index in [1.54, 1.807) is 0 Å². The Morgan fingerprint density at radius 2 is 2.06 bits per heavy atom. The Hall–Kier alpha value is -0.610. The molecule has 2 saturated heterocycles. The number of carbonyl (C=O) groups is 1. The molecule has 0 bridgehead atoms. The summed E-state index contributed by atoms with van der Waals surface area (Å²) in [6.45, 7) is 4.20. The van der Waals surface area contributed by atoms with Crippen molar-refractivity contribution in [1.82, 2.24) is 15.5 Å². The molecule has 4 heteroatoms. The molecule has 17 heavy (non-hydrogen) atoms. The number of hydrogen-bond donors (Lipinski definition) is 2. The molecular weight excluding hydrogens is 214 g/mol. The Morgan fingerprint density at radius 1 is 1.29 bits per heavy atom. The van der Waals surface area contributed by atoms with Gasteiger partial charge in [0.1, 0.15) is 0 Å². The summed E-state index contributed by atoms with van der Waals surface area (Å²) in [5.41, 5.74) is 0. The highest BCUT2D eigenvalue weighted by atomic mass is 16.2. The van der Waals surface area contributed by atoms with Crippen LogP contribution in [-0.2, 0) is 4.79 Å². The molecular formula is C13H25N3O. The molecule has 0 unspecified atom stereocenters. The van der Waals surface area contributed by atoms with Crippen LogP contribution >= 0.6 is 0 Å². The molecule has 0 radical (unpaired) electrons. The minimum absolute atomic E-state index is 0.0648. The lowest BCUT2D eigenvalue weighted by Crippen LogP contribution is -2.48. The van der Waals surface area contributed by atoms with E-state index in [2.05, 4.69) is 22.6 Å². The third kappa shape index (κ3) is 3.96. The molecule has 2 N–H and O–H groups in total. The zero-order chi connectivity index (χ0) is 12.1. The van der Waals surface area contributed by atoms with Gasteiger partial charge in [0.25, 0.3) is 0 Å². The fourth-order valence-corrected chi connectivity index (χ4v) is 2.71. The first-order valence-corrected chi connectivity index (χ1v) is 6.95. The lowest BCUT2D eigenvalue weighted by molar-refractivity contribution is -0.123. The van der Waals surface area contributed by atoms with Crippen LogP contribution in [0.4, 0.5) is 0 Å². The second kappa shape index (κ2) is 6.36. The van der Waals surface area contributed by atoms with E-state index in [0.29, 0.717) is 5.92 Å². The molecule has 2 heterocycles. The van der Waals surface area contributed by atoms with Crippen molar-refractivity contribution in [3.8, 4) is 0 Å². The average molecular weight is 239 g/mol. The van der Waals surface area contributed by atoms with Crippen molar-refractivity contribution in [2.24, 2.45) is 5.92 Å². The van der Waals surface area contributed by atoms with Crippen molar-refractivity contribution in [3.05, 3.63) is 0 Å². The van der Waals surface area contributed by atoms with E-state index in [-0.39, 0.29) is 11.9 Å². The number of nitrogens with zero attached hydrogens (tertiary/aromatic N) is 1. The summed E-state index contributed by atoms with van der Waals surface area (Å²) in [4.78, 5) is 14.3. The van der Waals surface area contributed by atoms with Gasteiger partial charge >= 0.3 is 0 Å². The van der Waals surface area contributed by atoms with E-state index in [1.165, 1.54) is 38.8 Å². The highest BCUT2D eigenvalue weighted by molar-refractivity contribution is 5.81. The molecule has 2 fully saturated rings. The number of nitrogens with one attached hydrogen (secondary N) is 2. The zero-order valence-corrected chi connectivity index (χ0v) is 10.9. The Balaban J connectivity index is 1.65. The van der Waals surface area contributed by atoms with E-state index < -0.39 is 0 Å². The molecule has 1 amide bonds. The predicted molar refractivity (Wildman–Crippen MR) is 68.9 cm³/mol. The van der Waals surface area contributed by atoms with Crippen molar-refractivity contribution >= 4 is 5.91 Å². The smallest absolute Gasteiger partial charge is 0.237 e. The number of likely N-dealkylation sites (tertiary alicyclic amines) is 1. The lowest BCUT2D eigenvalue weighted by atomic mass is 9.97. The maximum Gasteiger partial charge on any atom is 0.237 e. The van der Waals surface area contributed by atoms with Crippen LogP contribution in [0.1, 0.15) is 32.1 Å².